The number of aryl methyl sites for hydroxylation is 1. The molecular weight excluding hydrogens is 252 g/mol. The van der Waals surface area contributed by atoms with Crippen LogP contribution in [0.25, 0.3) is 0 Å². The van der Waals surface area contributed by atoms with E-state index < -0.39 is 0 Å². The van der Waals surface area contributed by atoms with Gasteiger partial charge in [-0.2, -0.15) is 0 Å². The summed E-state index contributed by atoms with van der Waals surface area (Å²) in [5, 5.41) is 12.7. The van der Waals surface area contributed by atoms with E-state index in [0.717, 1.165) is 19.3 Å². The molecule has 102 valence electrons. The molecule has 1 amide bonds. The molecule has 0 aliphatic heterocycles. The number of benzene rings is 1. The lowest BCUT2D eigenvalue weighted by atomic mass is 9.87. The zero-order chi connectivity index (χ0) is 13.9. The number of rotatable bonds is 2. The van der Waals surface area contributed by atoms with E-state index in [1.807, 2.05) is 12.1 Å². The van der Waals surface area contributed by atoms with E-state index in [9.17, 15) is 9.90 Å². The zero-order valence-corrected chi connectivity index (χ0v) is 11.0. The highest BCUT2D eigenvalue weighted by atomic mass is 16.3. The lowest BCUT2D eigenvalue weighted by molar-refractivity contribution is 0.0924. The third-order valence-corrected chi connectivity index (χ3v) is 3.68. The molecule has 0 bridgehead atoms. The lowest BCUT2D eigenvalue weighted by Crippen LogP contribution is -2.31. The fourth-order valence-electron chi connectivity index (χ4n) is 2.70. The molecule has 4 nitrogen and oxygen atoms in total. The first-order valence-electron chi connectivity index (χ1n) is 6.78. The van der Waals surface area contributed by atoms with Crippen molar-refractivity contribution in [2.75, 3.05) is 0 Å². The van der Waals surface area contributed by atoms with E-state index >= 15 is 0 Å². The van der Waals surface area contributed by atoms with E-state index in [1.165, 1.54) is 23.4 Å². The molecule has 0 saturated carbocycles. The van der Waals surface area contributed by atoms with E-state index in [1.54, 1.807) is 6.07 Å². The average molecular weight is 268 g/mol. The molecule has 1 aliphatic carbocycles. The molecular formula is C16H16N2O2. The molecule has 2 aromatic rings. The van der Waals surface area contributed by atoms with Crippen LogP contribution in [0.4, 0.5) is 0 Å². The quantitative estimate of drug-likeness (QED) is 0.880. The van der Waals surface area contributed by atoms with Gasteiger partial charge in [-0.25, -0.2) is 4.98 Å². The second-order valence-corrected chi connectivity index (χ2v) is 4.99. The Kier molecular flexibility index (Phi) is 3.37. The maximum Gasteiger partial charge on any atom is 0.274 e. The minimum Gasteiger partial charge on any atom is -0.505 e. The number of pyridine rings is 1. The summed E-state index contributed by atoms with van der Waals surface area (Å²) in [5.74, 6) is -0.418. The Morgan fingerprint density at radius 3 is 2.95 bits per heavy atom. The van der Waals surface area contributed by atoms with Gasteiger partial charge >= 0.3 is 0 Å². The Bertz CT molecular complexity index is 640. The minimum absolute atomic E-state index is 0.00569. The van der Waals surface area contributed by atoms with Crippen LogP contribution in [0.3, 0.4) is 0 Å². The number of carbonyl (C=O) groups is 1. The van der Waals surface area contributed by atoms with Gasteiger partial charge in [0.25, 0.3) is 5.91 Å². The Balaban J connectivity index is 1.83. The second kappa shape index (κ2) is 5.33. The largest absolute Gasteiger partial charge is 0.505 e. The van der Waals surface area contributed by atoms with Crippen LogP contribution in [0, 0.1) is 0 Å². The zero-order valence-electron chi connectivity index (χ0n) is 11.0. The first kappa shape index (κ1) is 12.7. The van der Waals surface area contributed by atoms with Gasteiger partial charge in [0.1, 0.15) is 5.75 Å². The number of carbonyl (C=O) groups excluding carboxylic acids is 1. The summed E-state index contributed by atoms with van der Waals surface area (Å²) < 4.78 is 0. The van der Waals surface area contributed by atoms with Crippen LogP contribution in [-0.4, -0.2) is 16.0 Å². The van der Waals surface area contributed by atoms with E-state index in [-0.39, 0.29) is 23.4 Å². The second-order valence-electron chi connectivity index (χ2n) is 4.99. The van der Waals surface area contributed by atoms with Crippen LogP contribution >= 0.6 is 0 Å². The highest BCUT2D eigenvalue weighted by Gasteiger charge is 2.23. The van der Waals surface area contributed by atoms with Crippen molar-refractivity contribution >= 4 is 5.91 Å². The normalized spacial score (nSPS) is 17.3. The van der Waals surface area contributed by atoms with Crippen molar-refractivity contribution in [2.45, 2.75) is 25.3 Å². The first-order chi connectivity index (χ1) is 9.75. The van der Waals surface area contributed by atoms with Gasteiger partial charge in [-0.1, -0.05) is 24.3 Å². The number of hydrogen-bond acceptors (Lipinski definition) is 3. The molecule has 20 heavy (non-hydrogen) atoms. The van der Waals surface area contributed by atoms with E-state index in [0.29, 0.717) is 0 Å². The summed E-state index contributed by atoms with van der Waals surface area (Å²) in [7, 11) is 0. The summed E-state index contributed by atoms with van der Waals surface area (Å²) in [6.07, 6.45) is 4.52. The fraction of sp³-hybridized carbons (Fsp3) is 0.250. The SMILES string of the molecule is O=C(NC1CCCc2ccccc21)c1ncccc1O. The molecule has 4 heteroatoms. The smallest absolute Gasteiger partial charge is 0.274 e. The fourth-order valence-corrected chi connectivity index (χ4v) is 2.70. The Hall–Kier alpha value is -2.36. The maximum atomic E-state index is 12.2. The Morgan fingerprint density at radius 2 is 2.10 bits per heavy atom. The molecule has 1 aromatic carbocycles. The van der Waals surface area contributed by atoms with Crippen LogP contribution in [0.5, 0.6) is 5.75 Å². The molecule has 0 saturated heterocycles. The molecule has 1 aliphatic rings. The van der Waals surface area contributed by atoms with Crippen molar-refractivity contribution < 1.29 is 9.90 Å². The van der Waals surface area contributed by atoms with Crippen LogP contribution in [-0.2, 0) is 6.42 Å². The summed E-state index contributed by atoms with van der Waals surface area (Å²) in [4.78, 5) is 16.1. The van der Waals surface area contributed by atoms with Crippen LogP contribution in [0.2, 0.25) is 0 Å². The van der Waals surface area contributed by atoms with Crippen molar-refractivity contribution in [3.8, 4) is 5.75 Å². The minimum atomic E-state index is -0.329. The molecule has 1 heterocycles. The summed E-state index contributed by atoms with van der Waals surface area (Å²) >= 11 is 0. The highest BCUT2D eigenvalue weighted by Crippen LogP contribution is 2.29. The van der Waals surface area contributed by atoms with Gasteiger partial charge in [-0.05, 0) is 42.5 Å². The van der Waals surface area contributed by atoms with Gasteiger partial charge in [-0.15, -0.1) is 0 Å². The Labute approximate surface area is 117 Å². The predicted molar refractivity (Wildman–Crippen MR) is 75.5 cm³/mol. The number of nitrogens with zero attached hydrogens (tertiary/aromatic N) is 1. The number of aromatic hydroxyl groups is 1. The van der Waals surface area contributed by atoms with Crippen molar-refractivity contribution in [1.82, 2.24) is 10.3 Å². The summed E-state index contributed by atoms with van der Waals surface area (Å²) in [6, 6.07) is 11.2. The van der Waals surface area contributed by atoms with Crippen LogP contribution in [0.15, 0.2) is 42.6 Å². The van der Waals surface area contributed by atoms with Crippen LogP contribution in [0.1, 0.15) is 40.5 Å². The van der Waals surface area contributed by atoms with Crippen molar-refractivity contribution in [1.29, 1.82) is 0 Å². The number of fused-ring (bicyclic) bond motifs is 1. The first-order valence-corrected chi connectivity index (χ1v) is 6.78. The van der Waals surface area contributed by atoms with Gasteiger partial charge in [0.15, 0.2) is 5.69 Å². The maximum absolute atomic E-state index is 12.2. The summed E-state index contributed by atoms with van der Waals surface area (Å²) in [5.41, 5.74) is 2.53. The number of amides is 1. The predicted octanol–water partition coefficient (Wildman–Crippen LogP) is 2.59. The Morgan fingerprint density at radius 1 is 1.25 bits per heavy atom. The van der Waals surface area contributed by atoms with Gasteiger partial charge in [0.05, 0.1) is 6.04 Å². The molecule has 0 fully saturated rings. The highest BCUT2D eigenvalue weighted by molar-refractivity contribution is 5.95. The molecule has 0 radical (unpaired) electrons. The number of nitrogens with one attached hydrogen (secondary N) is 1. The van der Waals surface area contributed by atoms with Crippen LogP contribution < -0.4 is 5.32 Å². The topological polar surface area (TPSA) is 62.2 Å². The molecule has 1 unspecified atom stereocenters. The van der Waals surface area contributed by atoms with Gasteiger partial charge in [-0.3, -0.25) is 4.79 Å². The van der Waals surface area contributed by atoms with Gasteiger partial charge < -0.3 is 10.4 Å². The average Bonchev–Trinajstić information content (AvgIpc) is 2.48. The molecule has 3 rings (SSSR count). The number of aromatic nitrogens is 1. The third-order valence-electron chi connectivity index (χ3n) is 3.68. The molecule has 0 spiro atoms. The monoisotopic (exact) mass is 268 g/mol. The van der Waals surface area contributed by atoms with Gasteiger partial charge in [0, 0.05) is 6.20 Å². The molecule has 1 atom stereocenters. The lowest BCUT2D eigenvalue weighted by Gasteiger charge is -2.26. The van der Waals surface area contributed by atoms with Crippen molar-refractivity contribution in [2.24, 2.45) is 0 Å². The standard InChI is InChI=1S/C16H16N2O2/c19-14-9-4-10-17-15(14)16(20)18-13-8-3-6-11-5-1-2-7-12(11)13/h1-2,4-5,7,9-10,13,19H,3,6,8H2,(H,18,20). The van der Waals surface area contributed by atoms with Gasteiger partial charge in [0.2, 0.25) is 0 Å². The number of hydrogen-bond donors (Lipinski definition) is 2. The summed E-state index contributed by atoms with van der Waals surface area (Å²) in [6.45, 7) is 0. The molecule has 1 aromatic heterocycles. The molecule has 2 N–H and O–H groups in total. The van der Waals surface area contributed by atoms with Crippen molar-refractivity contribution in [3.05, 3.63) is 59.4 Å². The van der Waals surface area contributed by atoms with Crippen molar-refractivity contribution in [3.63, 3.8) is 0 Å². The third kappa shape index (κ3) is 2.37. The van der Waals surface area contributed by atoms with E-state index in [4.69, 9.17) is 0 Å². The van der Waals surface area contributed by atoms with E-state index in [2.05, 4.69) is 22.4 Å².